The van der Waals surface area contributed by atoms with Gasteiger partial charge in [-0.2, -0.15) is 5.10 Å². The predicted molar refractivity (Wildman–Crippen MR) is 96.2 cm³/mol. The zero-order valence-electron chi connectivity index (χ0n) is 14.1. The third-order valence-electron chi connectivity index (χ3n) is 4.64. The second-order valence-corrected chi connectivity index (χ2v) is 6.25. The van der Waals surface area contributed by atoms with Crippen LogP contribution in [0.4, 0.5) is 5.69 Å². The summed E-state index contributed by atoms with van der Waals surface area (Å²) < 4.78 is 7.65. The summed E-state index contributed by atoms with van der Waals surface area (Å²) in [5.74, 6) is 0.645. The Morgan fingerprint density at radius 1 is 1.12 bits per heavy atom. The monoisotopic (exact) mass is 333 g/mol. The molecule has 0 aliphatic carbocycles. The van der Waals surface area contributed by atoms with E-state index in [1.165, 1.54) is 0 Å². The molecule has 3 aromatic rings. The van der Waals surface area contributed by atoms with Crippen LogP contribution in [0.5, 0.6) is 5.75 Å². The molecule has 0 fully saturated rings. The Hall–Kier alpha value is -3.08. The fourth-order valence-electron chi connectivity index (χ4n) is 3.21. The number of carbonyl (C=O) groups excluding carboxylic acids is 1. The van der Waals surface area contributed by atoms with E-state index < -0.39 is 6.10 Å². The van der Waals surface area contributed by atoms with Gasteiger partial charge in [-0.3, -0.25) is 4.79 Å². The molecule has 0 unspecified atom stereocenters. The van der Waals surface area contributed by atoms with Gasteiger partial charge in [-0.15, -0.1) is 0 Å². The fourth-order valence-corrected chi connectivity index (χ4v) is 3.21. The number of rotatable bonds is 3. The minimum atomic E-state index is -0.531. The first-order chi connectivity index (χ1) is 12.1. The standard InChI is InChI=1S/C20H19N3O2/c1-13-16-10-6-7-11-18(16)25-19(13)20(24)22-17-12-21-23(14(17)2)15-8-4-3-5-9-15/h3-13,19H,1-2H3,(H,22,24)/t13-,19-/m1/s1. The molecule has 0 radical (unpaired) electrons. The van der Waals surface area contributed by atoms with Crippen molar-refractivity contribution in [2.75, 3.05) is 5.32 Å². The highest BCUT2D eigenvalue weighted by Crippen LogP contribution is 2.38. The van der Waals surface area contributed by atoms with E-state index in [-0.39, 0.29) is 11.8 Å². The van der Waals surface area contributed by atoms with E-state index in [0.29, 0.717) is 5.69 Å². The highest BCUT2D eigenvalue weighted by atomic mass is 16.5. The number of hydrogen-bond donors (Lipinski definition) is 1. The summed E-state index contributed by atoms with van der Waals surface area (Å²) >= 11 is 0. The average Bonchev–Trinajstić information content (AvgIpc) is 3.17. The first-order valence-electron chi connectivity index (χ1n) is 8.31. The molecule has 0 saturated carbocycles. The summed E-state index contributed by atoms with van der Waals surface area (Å²) in [7, 11) is 0. The zero-order chi connectivity index (χ0) is 17.4. The summed E-state index contributed by atoms with van der Waals surface area (Å²) in [5.41, 5.74) is 3.60. The highest BCUT2D eigenvalue weighted by molar-refractivity contribution is 5.96. The number of ether oxygens (including phenoxy) is 1. The first-order valence-corrected chi connectivity index (χ1v) is 8.31. The van der Waals surface area contributed by atoms with Gasteiger partial charge in [0.1, 0.15) is 5.75 Å². The van der Waals surface area contributed by atoms with Crippen LogP contribution in [0, 0.1) is 6.92 Å². The summed E-state index contributed by atoms with van der Waals surface area (Å²) in [4.78, 5) is 12.7. The third-order valence-corrected chi connectivity index (χ3v) is 4.64. The van der Waals surface area contributed by atoms with Crippen molar-refractivity contribution >= 4 is 11.6 Å². The lowest BCUT2D eigenvalue weighted by Gasteiger charge is -2.15. The lowest BCUT2D eigenvalue weighted by molar-refractivity contribution is -0.122. The molecule has 1 N–H and O–H groups in total. The maximum Gasteiger partial charge on any atom is 0.266 e. The lowest BCUT2D eigenvalue weighted by atomic mass is 9.97. The summed E-state index contributed by atoms with van der Waals surface area (Å²) in [6.45, 7) is 3.94. The average molecular weight is 333 g/mol. The molecule has 0 spiro atoms. The second-order valence-electron chi connectivity index (χ2n) is 6.25. The van der Waals surface area contributed by atoms with Crippen molar-refractivity contribution in [3.05, 3.63) is 72.1 Å². The van der Waals surface area contributed by atoms with Gasteiger partial charge in [-0.05, 0) is 25.1 Å². The SMILES string of the molecule is Cc1c(NC(=O)[C@@H]2Oc3ccccc3[C@H]2C)cnn1-c1ccccc1. The Morgan fingerprint density at radius 3 is 2.60 bits per heavy atom. The Balaban J connectivity index is 1.54. The molecular weight excluding hydrogens is 314 g/mol. The Bertz CT molecular complexity index is 918. The summed E-state index contributed by atoms with van der Waals surface area (Å²) in [5, 5.41) is 7.35. The molecule has 1 aliphatic heterocycles. The van der Waals surface area contributed by atoms with E-state index >= 15 is 0 Å². The minimum absolute atomic E-state index is 0.0145. The van der Waals surface area contributed by atoms with E-state index in [2.05, 4.69) is 10.4 Å². The second kappa shape index (κ2) is 6.09. The number of hydrogen-bond acceptors (Lipinski definition) is 3. The first kappa shape index (κ1) is 15.4. The molecular formula is C20H19N3O2. The van der Waals surface area contributed by atoms with Crippen LogP contribution in [-0.2, 0) is 4.79 Å². The van der Waals surface area contributed by atoms with Crippen molar-refractivity contribution in [2.24, 2.45) is 0 Å². The number of aromatic nitrogens is 2. The highest BCUT2D eigenvalue weighted by Gasteiger charge is 2.36. The molecule has 5 nitrogen and oxygen atoms in total. The van der Waals surface area contributed by atoms with Crippen molar-refractivity contribution in [1.82, 2.24) is 9.78 Å². The Kier molecular flexibility index (Phi) is 3.76. The van der Waals surface area contributed by atoms with Gasteiger partial charge in [0.15, 0.2) is 6.10 Å². The molecule has 4 rings (SSSR count). The molecule has 2 heterocycles. The third kappa shape index (κ3) is 2.67. The molecule has 1 aliphatic rings. The van der Waals surface area contributed by atoms with Crippen molar-refractivity contribution in [1.29, 1.82) is 0 Å². The van der Waals surface area contributed by atoms with Gasteiger partial charge in [0, 0.05) is 11.5 Å². The maximum absolute atomic E-state index is 12.7. The van der Waals surface area contributed by atoms with Crippen LogP contribution in [0.15, 0.2) is 60.8 Å². The quantitative estimate of drug-likeness (QED) is 0.795. The van der Waals surface area contributed by atoms with Crippen LogP contribution < -0.4 is 10.1 Å². The topological polar surface area (TPSA) is 56.1 Å². The Morgan fingerprint density at radius 2 is 1.84 bits per heavy atom. The van der Waals surface area contributed by atoms with E-state index in [1.54, 1.807) is 6.20 Å². The summed E-state index contributed by atoms with van der Waals surface area (Å²) in [6.07, 6.45) is 1.14. The maximum atomic E-state index is 12.7. The van der Waals surface area contributed by atoms with Crippen molar-refractivity contribution in [3.8, 4) is 11.4 Å². The minimum Gasteiger partial charge on any atom is -0.480 e. The normalized spacial score (nSPS) is 18.5. The number of nitrogens with zero attached hydrogens (tertiary/aromatic N) is 2. The van der Waals surface area contributed by atoms with E-state index in [9.17, 15) is 4.79 Å². The largest absolute Gasteiger partial charge is 0.480 e. The molecule has 25 heavy (non-hydrogen) atoms. The van der Waals surface area contributed by atoms with Gasteiger partial charge >= 0.3 is 0 Å². The summed E-state index contributed by atoms with van der Waals surface area (Å²) in [6, 6.07) is 17.6. The van der Waals surface area contributed by atoms with Gasteiger partial charge in [-0.25, -0.2) is 4.68 Å². The van der Waals surface area contributed by atoms with Crippen LogP contribution in [0.3, 0.4) is 0 Å². The van der Waals surface area contributed by atoms with Crippen molar-refractivity contribution in [2.45, 2.75) is 25.9 Å². The Labute approximate surface area is 146 Å². The van der Waals surface area contributed by atoms with E-state index in [0.717, 1.165) is 22.7 Å². The van der Waals surface area contributed by atoms with Crippen molar-refractivity contribution < 1.29 is 9.53 Å². The molecule has 0 bridgehead atoms. The molecule has 1 aromatic heterocycles. The van der Waals surface area contributed by atoms with E-state index in [1.807, 2.05) is 73.1 Å². The van der Waals surface area contributed by atoms with Gasteiger partial charge in [-0.1, -0.05) is 43.3 Å². The number of carbonyl (C=O) groups is 1. The molecule has 5 heteroatoms. The van der Waals surface area contributed by atoms with Crippen LogP contribution in [-0.4, -0.2) is 21.8 Å². The zero-order valence-corrected chi connectivity index (χ0v) is 14.1. The molecule has 0 saturated heterocycles. The number of nitrogens with one attached hydrogen (secondary N) is 1. The number of amides is 1. The molecule has 126 valence electrons. The number of para-hydroxylation sites is 2. The van der Waals surface area contributed by atoms with Crippen LogP contribution in [0.1, 0.15) is 24.1 Å². The van der Waals surface area contributed by atoms with E-state index in [4.69, 9.17) is 4.74 Å². The van der Waals surface area contributed by atoms with Crippen LogP contribution in [0.25, 0.3) is 5.69 Å². The molecule has 1 amide bonds. The van der Waals surface area contributed by atoms with Gasteiger partial charge in [0.05, 0.1) is 23.3 Å². The fraction of sp³-hybridized carbons (Fsp3) is 0.200. The molecule has 2 atom stereocenters. The van der Waals surface area contributed by atoms with Crippen LogP contribution >= 0.6 is 0 Å². The smallest absolute Gasteiger partial charge is 0.266 e. The predicted octanol–water partition coefficient (Wildman–Crippen LogP) is 3.68. The number of fused-ring (bicyclic) bond motifs is 1. The van der Waals surface area contributed by atoms with Gasteiger partial charge in [0.2, 0.25) is 0 Å². The number of anilines is 1. The lowest BCUT2D eigenvalue weighted by Crippen LogP contribution is -2.33. The van der Waals surface area contributed by atoms with Gasteiger partial charge in [0.25, 0.3) is 5.91 Å². The number of benzene rings is 2. The molecule has 2 aromatic carbocycles. The van der Waals surface area contributed by atoms with Crippen molar-refractivity contribution in [3.63, 3.8) is 0 Å². The van der Waals surface area contributed by atoms with Gasteiger partial charge < -0.3 is 10.1 Å². The van der Waals surface area contributed by atoms with Crippen LogP contribution in [0.2, 0.25) is 0 Å².